The zero-order chi connectivity index (χ0) is 12.2. The summed E-state index contributed by atoms with van der Waals surface area (Å²) < 4.78 is 8.99. The molecule has 2 atom stereocenters. The Balaban J connectivity index is 0. The molecule has 0 aliphatic carbocycles. The van der Waals surface area contributed by atoms with Gasteiger partial charge in [-0.1, -0.05) is 0 Å². The second-order valence-electron chi connectivity index (χ2n) is 3.38. The van der Waals surface area contributed by atoms with Crippen molar-refractivity contribution in [3.8, 4) is 0 Å². The van der Waals surface area contributed by atoms with Crippen LogP contribution in [0.3, 0.4) is 0 Å². The van der Waals surface area contributed by atoms with Gasteiger partial charge in [-0.3, -0.25) is 9.05 Å². The van der Waals surface area contributed by atoms with E-state index in [1.165, 1.54) is 0 Å². The first kappa shape index (κ1) is 16.4. The lowest BCUT2D eigenvalue weighted by molar-refractivity contribution is -0.974. The van der Waals surface area contributed by atoms with Crippen LogP contribution in [0.5, 0.6) is 0 Å². The lowest BCUT2D eigenvalue weighted by atomic mass is 10.4. The van der Waals surface area contributed by atoms with Crippen LogP contribution in [0.15, 0.2) is 0 Å². The molecule has 0 heterocycles. The maximum absolute atomic E-state index is 9.06. The Hall–Kier alpha value is -0.0100. The molecule has 14 heavy (non-hydrogen) atoms. The van der Waals surface area contributed by atoms with Gasteiger partial charge >= 0.3 is 0 Å². The molecule has 0 aromatic heterocycles. The van der Waals surface area contributed by atoms with E-state index in [4.69, 9.17) is 29.5 Å². The van der Waals surface area contributed by atoms with E-state index in [2.05, 4.69) is 0 Å². The molecule has 88 valence electrons. The third-order valence-corrected chi connectivity index (χ3v) is 1.93. The highest BCUT2D eigenvalue weighted by molar-refractivity contribution is 7.43. The molecular weight excluding hydrogens is 213 g/mol. The summed E-state index contributed by atoms with van der Waals surface area (Å²) in [4.78, 5) is 22.9. The average molecular weight is 231 g/mol. The zero-order valence-electron chi connectivity index (χ0n) is 8.65. The van der Waals surface area contributed by atoms with Gasteiger partial charge in [0.25, 0.3) is 7.82 Å². The van der Waals surface area contributed by atoms with Gasteiger partial charge in [-0.15, -0.1) is 0 Å². The lowest BCUT2D eigenvalue weighted by Gasteiger charge is -2.35. The number of hydrogen-bond donors (Lipinski definition) is 4. The number of phosphoric acid groups is 1. The molecule has 0 fully saturated rings. The third-order valence-electron chi connectivity index (χ3n) is 1.93. The van der Waals surface area contributed by atoms with Gasteiger partial charge in [-0.05, 0) is 0 Å². The van der Waals surface area contributed by atoms with Crippen LogP contribution >= 0.6 is 7.82 Å². The summed E-state index contributed by atoms with van der Waals surface area (Å²) in [6, 6.07) is 0. The minimum atomic E-state index is -4.89. The number of nitrogens with zero attached hydrogens (tertiary/aromatic N) is 1. The summed E-state index contributed by atoms with van der Waals surface area (Å²) >= 11 is 0. The van der Waals surface area contributed by atoms with Gasteiger partial charge in [0, 0.05) is 13.8 Å². The highest BCUT2D eigenvalue weighted by Gasteiger charge is 2.26. The predicted molar refractivity (Wildman–Crippen MR) is 47.5 cm³/mol. The number of aliphatic hydroxyl groups is 2. The standard InChI is InChI=1S/C6H16NO2.H3O4P/c1-5(8)7(3,4)6(2)9;1-5(2,3)4/h5-6,8-9H,1-4H3;(H3,1,2,3,4)/q+1;/p-1. The molecule has 0 aliphatic heterocycles. The molecule has 4 N–H and O–H groups in total. The largest absolute Gasteiger partial charge is 0.756 e. The van der Waals surface area contributed by atoms with Gasteiger partial charge in [0.2, 0.25) is 0 Å². The number of hydrogen-bond acceptors (Lipinski definition) is 4. The first-order valence-electron chi connectivity index (χ1n) is 3.85. The summed E-state index contributed by atoms with van der Waals surface area (Å²) in [5.74, 6) is 0. The van der Waals surface area contributed by atoms with E-state index in [1.807, 2.05) is 0 Å². The molecule has 0 amide bonds. The van der Waals surface area contributed by atoms with E-state index in [-0.39, 0.29) is 4.48 Å². The van der Waals surface area contributed by atoms with Gasteiger partial charge < -0.3 is 24.9 Å². The molecule has 2 unspecified atom stereocenters. The van der Waals surface area contributed by atoms with Crippen LogP contribution in [-0.4, -0.2) is 51.0 Å². The Morgan fingerprint density at radius 2 is 1.29 bits per heavy atom. The van der Waals surface area contributed by atoms with Crippen molar-refractivity contribution in [2.45, 2.75) is 26.3 Å². The zero-order valence-corrected chi connectivity index (χ0v) is 9.55. The first-order chi connectivity index (χ1) is 5.89. The summed E-state index contributed by atoms with van der Waals surface area (Å²) in [5, 5.41) is 18.1. The van der Waals surface area contributed by atoms with E-state index >= 15 is 0 Å². The van der Waals surface area contributed by atoms with Crippen molar-refractivity contribution in [3.63, 3.8) is 0 Å². The number of rotatable bonds is 2. The van der Waals surface area contributed by atoms with E-state index < -0.39 is 20.3 Å². The van der Waals surface area contributed by atoms with Crippen LogP contribution in [0, 0.1) is 0 Å². The Labute approximate surface area is 83.1 Å². The second kappa shape index (κ2) is 5.77. The molecule has 7 nitrogen and oxygen atoms in total. The molecule has 0 aromatic carbocycles. The molecule has 0 aliphatic rings. The van der Waals surface area contributed by atoms with E-state index in [0.717, 1.165) is 0 Å². The minimum absolute atomic E-state index is 0.222. The van der Waals surface area contributed by atoms with Crippen molar-refractivity contribution in [2.75, 3.05) is 14.1 Å². The van der Waals surface area contributed by atoms with Crippen molar-refractivity contribution in [1.82, 2.24) is 0 Å². The average Bonchev–Trinajstić information content (AvgIpc) is 1.82. The Morgan fingerprint density at radius 1 is 1.14 bits per heavy atom. The first-order valence-corrected chi connectivity index (χ1v) is 5.38. The van der Waals surface area contributed by atoms with Crippen LogP contribution in [-0.2, 0) is 4.57 Å². The maximum atomic E-state index is 9.06. The normalized spacial score (nSPS) is 16.6. The Kier molecular flexibility index (Phi) is 6.77. The van der Waals surface area contributed by atoms with Crippen molar-refractivity contribution in [1.29, 1.82) is 0 Å². The van der Waals surface area contributed by atoms with Crippen LogP contribution < -0.4 is 4.89 Å². The topological polar surface area (TPSA) is 121 Å². The number of aliphatic hydroxyl groups excluding tert-OH is 2. The third kappa shape index (κ3) is 10.1. The van der Waals surface area contributed by atoms with E-state index in [9.17, 15) is 0 Å². The van der Waals surface area contributed by atoms with Crippen molar-refractivity contribution < 1.29 is 33.9 Å². The number of quaternary nitrogens is 1. The highest BCUT2D eigenvalue weighted by Crippen LogP contribution is 2.18. The van der Waals surface area contributed by atoms with Crippen LogP contribution in [0.4, 0.5) is 0 Å². The van der Waals surface area contributed by atoms with Gasteiger partial charge in [-0.25, -0.2) is 0 Å². The van der Waals surface area contributed by atoms with E-state index in [0.29, 0.717) is 0 Å². The SMILES string of the molecule is CC(O)[N+](C)(C)C(C)O.O=P([O-])(O)O. The van der Waals surface area contributed by atoms with Gasteiger partial charge in [0.15, 0.2) is 12.5 Å². The molecule has 0 radical (unpaired) electrons. The van der Waals surface area contributed by atoms with Gasteiger partial charge in [0.1, 0.15) is 0 Å². The van der Waals surface area contributed by atoms with Crippen molar-refractivity contribution >= 4 is 7.82 Å². The van der Waals surface area contributed by atoms with Gasteiger partial charge in [-0.2, -0.15) is 0 Å². The second-order valence-corrected chi connectivity index (χ2v) is 4.36. The predicted octanol–water partition coefficient (Wildman–Crippen LogP) is -1.82. The Bertz CT molecular complexity index is 180. The molecule has 0 rings (SSSR count). The fourth-order valence-corrected chi connectivity index (χ4v) is 0.312. The minimum Gasteiger partial charge on any atom is -0.756 e. The smallest absolute Gasteiger partial charge is 0.262 e. The molecule has 0 saturated carbocycles. The summed E-state index contributed by atoms with van der Waals surface area (Å²) in [7, 11) is -1.34. The van der Waals surface area contributed by atoms with Crippen LogP contribution in [0.1, 0.15) is 13.8 Å². The fraction of sp³-hybridized carbons (Fsp3) is 1.00. The lowest BCUT2D eigenvalue weighted by Crippen LogP contribution is -2.53. The molecule has 0 aromatic rings. The van der Waals surface area contributed by atoms with Crippen LogP contribution in [0.25, 0.3) is 0 Å². The van der Waals surface area contributed by atoms with E-state index in [1.54, 1.807) is 27.9 Å². The quantitative estimate of drug-likeness (QED) is 0.252. The molecule has 0 bridgehead atoms. The molecule has 8 heteroatoms. The Morgan fingerprint density at radius 3 is 1.29 bits per heavy atom. The summed E-state index contributed by atoms with van der Waals surface area (Å²) in [5.41, 5.74) is 0. The van der Waals surface area contributed by atoms with Crippen LogP contribution in [0.2, 0.25) is 0 Å². The van der Waals surface area contributed by atoms with Crippen molar-refractivity contribution in [3.05, 3.63) is 0 Å². The summed E-state index contributed by atoms with van der Waals surface area (Å²) in [6.45, 7) is 3.32. The molecule has 0 spiro atoms. The molecule has 0 saturated heterocycles. The maximum Gasteiger partial charge on any atom is 0.262 e. The fourth-order valence-electron chi connectivity index (χ4n) is 0.312. The monoisotopic (exact) mass is 231 g/mol. The highest BCUT2D eigenvalue weighted by atomic mass is 31.2. The molecular formula is C6H18NO6P. The summed E-state index contributed by atoms with van der Waals surface area (Å²) in [6.07, 6.45) is -1.05. The van der Waals surface area contributed by atoms with Gasteiger partial charge in [0.05, 0.1) is 14.1 Å². The van der Waals surface area contributed by atoms with Crippen molar-refractivity contribution in [2.24, 2.45) is 0 Å².